The van der Waals surface area contributed by atoms with E-state index in [2.05, 4.69) is 0 Å². The van der Waals surface area contributed by atoms with Crippen molar-refractivity contribution in [1.82, 2.24) is 4.90 Å². The number of nitrogens with zero attached hydrogens (tertiary/aromatic N) is 1. The number of rotatable bonds is 5. The number of ether oxygens (including phenoxy) is 1. The van der Waals surface area contributed by atoms with Gasteiger partial charge in [0.05, 0.1) is 0 Å². The van der Waals surface area contributed by atoms with Gasteiger partial charge in [-0.2, -0.15) is 0 Å². The number of likely N-dealkylation sites (tertiary alicyclic amines) is 1. The normalized spacial score (nSPS) is 18.1. The number of carbonyl (C=O) groups excluding carboxylic acids is 2. The molecule has 20 heavy (non-hydrogen) atoms. The van der Waals surface area contributed by atoms with Crippen LogP contribution in [0.1, 0.15) is 23.7 Å². The Morgan fingerprint density at radius 1 is 1.45 bits per heavy atom. The highest BCUT2D eigenvalue weighted by Gasteiger charge is 2.25. The topological polar surface area (TPSA) is 72.6 Å². The Bertz CT molecular complexity index is 502. The van der Waals surface area contributed by atoms with Gasteiger partial charge in [-0.15, -0.1) is 0 Å². The lowest BCUT2D eigenvalue weighted by molar-refractivity contribution is -0.132. The first-order chi connectivity index (χ1) is 9.60. The maximum absolute atomic E-state index is 12.0. The third kappa shape index (κ3) is 3.57. The molecular formula is C15H20N2O3. The summed E-state index contributed by atoms with van der Waals surface area (Å²) in [4.78, 5) is 25.0. The fourth-order valence-electron chi connectivity index (χ4n) is 2.29. The Morgan fingerprint density at radius 2 is 2.25 bits per heavy atom. The first-order valence-corrected chi connectivity index (χ1v) is 6.82. The molecule has 1 aliphatic heterocycles. The molecule has 1 aromatic rings. The highest BCUT2D eigenvalue weighted by molar-refractivity contribution is 5.94. The summed E-state index contributed by atoms with van der Waals surface area (Å²) >= 11 is 0. The largest absolute Gasteiger partial charge is 0.484 e. The van der Waals surface area contributed by atoms with Crippen molar-refractivity contribution in [2.45, 2.75) is 13.3 Å². The van der Waals surface area contributed by atoms with Crippen LogP contribution in [0.4, 0.5) is 0 Å². The summed E-state index contributed by atoms with van der Waals surface area (Å²) < 4.78 is 5.47. The van der Waals surface area contributed by atoms with Crippen molar-refractivity contribution in [3.05, 3.63) is 29.8 Å². The molecule has 5 heteroatoms. The fraction of sp³-hybridized carbons (Fsp3) is 0.467. The van der Waals surface area contributed by atoms with Crippen molar-refractivity contribution in [3.63, 3.8) is 0 Å². The van der Waals surface area contributed by atoms with Crippen LogP contribution in [0.25, 0.3) is 0 Å². The number of hydrogen-bond acceptors (Lipinski definition) is 4. The Kier molecular flexibility index (Phi) is 4.74. The van der Waals surface area contributed by atoms with Gasteiger partial charge < -0.3 is 15.4 Å². The summed E-state index contributed by atoms with van der Waals surface area (Å²) in [5, 5.41) is 0. The van der Waals surface area contributed by atoms with Crippen molar-refractivity contribution < 1.29 is 14.3 Å². The number of carbonyl (C=O) groups is 2. The van der Waals surface area contributed by atoms with Crippen molar-refractivity contribution in [2.75, 3.05) is 26.2 Å². The quantitative estimate of drug-likeness (QED) is 0.817. The molecule has 1 fully saturated rings. The van der Waals surface area contributed by atoms with Crippen molar-refractivity contribution in [2.24, 2.45) is 11.7 Å². The van der Waals surface area contributed by atoms with Crippen LogP contribution in [-0.2, 0) is 4.79 Å². The summed E-state index contributed by atoms with van der Waals surface area (Å²) in [5.41, 5.74) is 6.19. The predicted molar refractivity (Wildman–Crippen MR) is 75.7 cm³/mol. The molecule has 1 aliphatic rings. The fourth-order valence-corrected chi connectivity index (χ4v) is 2.29. The molecule has 0 saturated carbocycles. The van der Waals surface area contributed by atoms with Gasteiger partial charge in [0.2, 0.25) is 0 Å². The third-order valence-corrected chi connectivity index (χ3v) is 3.57. The highest BCUT2D eigenvalue weighted by atomic mass is 16.5. The Hall–Kier alpha value is -1.88. The predicted octanol–water partition coefficient (Wildman–Crippen LogP) is 1.08. The molecule has 2 N–H and O–H groups in total. The van der Waals surface area contributed by atoms with E-state index in [1.54, 1.807) is 29.2 Å². The van der Waals surface area contributed by atoms with E-state index >= 15 is 0 Å². The molecule has 0 aliphatic carbocycles. The molecule has 1 atom stereocenters. The molecule has 5 nitrogen and oxygen atoms in total. The molecule has 2 rings (SSSR count). The van der Waals surface area contributed by atoms with E-state index in [4.69, 9.17) is 10.5 Å². The van der Waals surface area contributed by atoms with Crippen LogP contribution in [-0.4, -0.2) is 42.8 Å². The van der Waals surface area contributed by atoms with E-state index in [1.165, 1.54) is 6.92 Å². The highest BCUT2D eigenvalue weighted by Crippen LogP contribution is 2.17. The zero-order chi connectivity index (χ0) is 14.5. The van der Waals surface area contributed by atoms with Gasteiger partial charge in [-0.25, -0.2) is 0 Å². The van der Waals surface area contributed by atoms with Crippen LogP contribution in [0.2, 0.25) is 0 Å². The molecule has 1 heterocycles. The monoisotopic (exact) mass is 276 g/mol. The van der Waals surface area contributed by atoms with Gasteiger partial charge in [0, 0.05) is 18.7 Å². The average Bonchev–Trinajstić information content (AvgIpc) is 2.94. The van der Waals surface area contributed by atoms with E-state index in [-0.39, 0.29) is 18.3 Å². The second-order valence-electron chi connectivity index (χ2n) is 5.10. The SMILES string of the molecule is CC(=O)c1cccc(OCC(=O)N2CCC(CN)C2)c1. The maximum Gasteiger partial charge on any atom is 0.260 e. The standard InChI is InChI=1S/C15H20N2O3/c1-11(18)13-3-2-4-14(7-13)20-10-15(19)17-6-5-12(8-16)9-17/h2-4,7,12H,5-6,8-10,16H2,1H3. The minimum Gasteiger partial charge on any atom is -0.484 e. The third-order valence-electron chi connectivity index (χ3n) is 3.57. The van der Waals surface area contributed by atoms with E-state index in [1.807, 2.05) is 0 Å². The van der Waals surface area contributed by atoms with Crippen LogP contribution in [0, 0.1) is 5.92 Å². The maximum atomic E-state index is 12.0. The Labute approximate surface area is 118 Å². The number of amides is 1. The molecule has 0 aromatic heterocycles. The zero-order valence-corrected chi connectivity index (χ0v) is 11.7. The van der Waals surface area contributed by atoms with Crippen LogP contribution in [0.3, 0.4) is 0 Å². The number of nitrogens with two attached hydrogens (primary N) is 1. The van der Waals surface area contributed by atoms with Gasteiger partial charge in [0.25, 0.3) is 5.91 Å². The average molecular weight is 276 g/mol. The minimum atomic E-state index is -0.0332. The van der Waals surface area contributed by atoms with Gasteiger partial charge in [-0.1, -0.05) is 12.1 Å². The molecule has 0 radical (unpaired) electrons. The van der Waals surface area contributed by atoms with Crippen molar-refractivity contribution >= 4 is 11.7 Å². The summed E-state index contributed by atoms with van der Waals surface area (Å²) in [6.45, 7) is 3.58. The lowest BCUT2D eigenvalue weighted by Crippen LogP contribution is -2.33. The number of hydrogen-bond donors (Lipinski definition) is 1. The van der Waals surface area contributed by atoms with E-state index in [0.29, 0.717) is 30.3 Å². The summed E-state index contributed by atoms with van der Waals surface area (Å²) in [7, 11) is 0. The second-order valence-corrected chi connectivity index (χ2v) is 5.10. The van der Waals surface area contributed by atoms with Crippen LogP contribution < -0.4 is 10.5 Å². The summed E-state index contributed by atoms with van der Waals surface area (Å²) in [6.07, 6.45) is 0.960. The lowest BCUT2D eigenvalue weighted by atomic mass is 10.1. The van der Waals surface area contributed by atoms with E-state index in [0.717, 1.165) is 13.0 Å². The molecule has 1 saturated heterocycles. The van der Waals surface area contributed by atoms with Crippen molar-refractivity contribution in [3.8, 4) is 5.75 Å². The second kappa shape index (κ2) is 6.52. The molecule has 0 bridgehead atoms. The number of ketones is 1. The molecular weight excluding hydrogens is 256 g/mol. The van der Waals surface area contributed by atoms with Crippen molar-refractivity contribution in [1.29, 1.82) is 0 Å². The zero-order valence-electron chi connectivity index (χ0n) is 11.7. The van der Waals surface area contributed by atoms with E-state index in [9.17, 15) is 9.59 Å². The Balaban J connectivity index is 1.87. The summed E-state index contributed by atoms with van der Waals surface area (Å²) in [5.74, 6) is 0.891. The van der Waals surface area contributed by atoms with Crippen LogP contribution in [0.15, 0.2) is 24.3 Å². The Morgan fingerprint density at radius 3 is 2.90 bits per heavy atom. The number of Topliss-reactive ketones (excluding diaryl/α,β-unsaturated/α-hetero) is 1. The smallest absolute Gasteiger partial charge is 0.260 e. The molecule has 1 aromatic carbocycles. The summed E-state index contributed by atoms with van der Waals surface area (Å²) in [6, 6.07) is 6.87. The van der Waals surface area contributed by atoms with Crippen LogP contribution >= 0.6 is 0 Å². The van der Waals surface area contributed by atoms with Gasteiger partial charge >= 0.3 is 0 Å². The molecule has 1 amide bonds. The van der Waals surface area contributed by atoms with Crippen LogP contribution in [0.5, 0.6) is 5.75 Å². The first-order valence-electron chi connectivity index (χ1n) is 6.82. The van der Waals surface area contributed by atoms with Gasteiger partial charge in [0.1, 0.15) is 5.75 Å². The first kappa shape index (κ1) is 14.5. The molecule has 108 valence electrons. The number of benzene rings is 1. The minimum absolute atomic E-state index is 0.00134. The molecule has 1 unspecified atom stereocenters. The van der Waals surface area contributed by atoms with Gasteiger partial charge in [-0.3, -0.25) is 9.59 Å². The molecule has 0 spiro atoms. The van der Waals surface area contributed by atoms with Gasteiger partial charge in [-0.05, 0) is 37.9 Å². The van der Waals surface area contributed by atoms with Gasteiger partial charge in [0.15, 0.2) is 12.4 Å². The van der Waals surface area contributed by atoms with E-state index < -0.39 is 0 Å². The lowest BCUT2D eigenvalue weighted by Gasteiger charge is -2.16.